The molecule has 2 aromatic carbocycles. The summed E-state index contributed by atoms with van der Waals surface area (Å²) in [5.41, 5.74) is 1.79. The van der Waals surface area contributed by atoms with Crippen molar-refractivity contribution in [1.29, 1.82) is 0 Å². The normalized spacial score (nSPS) is 10.8. The van der Waals surface area contributed by atoms with Crippen LogP contribution in [0.4, 0.5) is 16.2 Å². The monoisotopic (exact) mass is 405 g/mol. The second kappa shape index (κ2) is 8.76. The Balaban J connectivity index is 2.24. The Morgan fingerprint density at radius 3 is 2.46 bits per heavy atom. The van der Waals surface area contributed by atoms with Gasteiger partial charge in [-0.3, -0.25) is 10.1 Å². The first-order valence-electron chi connectivity index (χ1n) is 8.22. The van der Waals surface area contributed by atoms with E-state index in [1.54, 1.807) is 26.9 Å². The van der Waals surface area contributed by atoms with E-state index in [9.17, 15) is 18.0 Å². The van der Waals surface area contributed by atoms with Gasteiger partial charge in [0.1, 0.15) is 18.5 Å². The van der Waals surface area contributed by atoms with Gasteiger partial charge in [0, 0.05) is 23.0 Å². The summed E-state index contributed by atoms with van der Waals surface area (Å²) in [4.78, 5) is 24.0. The molecule has 0 saturated heterocycles. The SMILES string of the molecule is Bc1ccc(C(=O)Nc2ccc(S(N)(=O)=O)c(OC)c2)cc1NC(=O)OCC. The summed E-state index contributed by atoms with van der Waals surface area (Å²) < 4.78 is 32.9. The summed E-state index contributed by atoms with van der Waals surface area (Å²) in [6.07, 6.45) is -0.619. The van der Waals surface area contributed by atoms with Crippen LogP contribution in [0.25, 0.3) is 0 Å². The van der Waals surface area contributed by atoms with Crippen molar-refractivity contribution in [1.82, 2.24) is 0 Å². The molecule has 0 spiro atoms. The first-order valence-corrected chi connectivity index (χ1v) is 9.77. The third-order valence-corrected chi connectivity index (χ3v) is 4.69. The van der Waals surface area contributed by atoms with Gasteiger partial charge in [-0.2, -0.15) is 0 Å². The minimum absolute atomic E-state index is 0.00822. The highest BCUT2D eigenvalue weighted by Crippen LogP contribution is 2.26. The van der Waals surface area contributed by atoms with Crippen LogP contribution in [0.15, 0.2) is 41.3 Å². The highest BCUT2D eigenvalue weighted by molar-refractivity contribution is 7.89. The number of primary sulfonamides is 1. The first-order chi connectivity index (χ1) is 13.2. The van der Waals surface area contributed by atoms with Gasteiger partial charge in [0.25, 0.3) is 5.91 Å². The minimum atomic E-state index is -3.96. The van der Waals surface area contributed by atoms with Gasteiger partial charge in [0.05, 0.1) is 13.7 Å². The molecule has 0 aromatic heterocycles. The van der Waals surface area contributed by atoms with Crippen LogP contribution in [0.5, 0.6) is 5.75 Å². The molecular weight excluding hydrogens is 385 g/mol. The molecule has 0 fully saturated rings. The number of hydrogen-bond acceptors (Lipinski definition) is 6. The molecule has 4 N–H and O–H groups in total. The number of nitrogens with two attached hydrogens (primary N) is 1. The molecule has 0 bridgehead atoms. The number of ether oxygens (including phenoxy) is 2. The Hall–Kier alpha value is -3.05. The molecule has 0 radical (unpaired) electrons. The Bertz CT molecular complexity index is 1010. The molecule has 11 heteroatoms. The maximum atomic E-state index is 12.5. The molecule has 0 saturated carbocycles. The predicted molar refractivity (Wildman–Crippen MR) is 108 cm³/mol. The van der Waals surface area contributed by atoms with Gasteiger partial charge in [-0.15, -0.1) is 0 Å². The highest BCUT2D eigenvalue weighted by atomic mass is 32.2. The van der Waals surface area contributed by atoms with Crippen LogP contribution in [0.2, 0.25) is 0 Å². The smallest absolute Gasteiger partial charge is 0.411 e. The van der Waals surface area contributed by atoms with E-state index in [0.29, 0.717) is 11.4 Å². The molecule has 0 unspecified atom stereocenters. The Kier molecular flexibility index (Phi) is 6.65. The molecule has 28 heavy (non-hydrogen) atoms. The summed E-state index contributed by atoms with van der Waals surface area (Å²) >= 11 is 0. The number of hydrogen-bond donors (Lipinski definition) is 3. The third-order valence-electron chi connectivity index (χ3n) is 3.74. The highest BCUT2D eigenvalue weighted by Gasteiger charge is 2.17. The Morgan fingerprint density at radius 1 is 1.14 bits per heavy atom. The lowest BCUT2D eigenvalue weighted by Crippen LogP contribution is -2.21. The van der Waals surface area contributed by atoms with E-state index in [0.717, 1.165) is 5.46 Å². The molecule has 0 aliphatic heterocycles. The standard InChI is InChI=1S/C17H20BN3O6S/c1-3-27-17(23)21-13-8-10(4-6-12(13)18)16(22)20-11-5-7-15(28(19,24)25)14(9-11)26-2/h4-9H,3,18H2,1-2H3,(H,20,22)(H,21,23)(H2,19,24,25). The van der Waals surface area contributed by atoms with E-state index in [1.165, 1.54) is 31.4 Å². The summed E-state index contributed by atoms with van der Waals surface area (Å²) in [5.74, 6) is -0.453. The second-order valence-corrected chi connectivity index (χ2v) is 7.27. The van der Waals surface area contributed by atoms with E-state index < -0.39 is 22.0 Å². The number of anilines is 2. The number of benzene rings is 2. The largest absolute Gasteiger partial charge is 0.495 e. The number of rotatable bonds is 6. The second-order valence-electron chi connectivity index (χ2n) is 5.74. The summed E-state index contributed by atoms with van der Waals surface area (Å²) in [6.45, 7) is 1.91. The van der Waals surface area contributed by atoms with Crippen LogP contribution in [-0.4, -0.2) is 42.0 Å². The van der Waals surface area contributed by atoms with Crippen molar-refractivity contribution >= 4 is 46.7 Å². The zero-order chi connectivity index (χ0) is 20.9. The topological polar surface area (TPSA) is 137 Å². The summed E-state index contributed by atoms with van der Waals surface area (Å²) in [5, 5.41) is 10.3. The molecule has 148 valence electrons. The average molecular weight is 405 g/mol. The van der Waals surface area contributed by atoms with Gasteiger partial charge in [-0.25, -0.2) is 18.4 Å². The lowest BCUT2D eigenvalue weighted by molar-refractivity contribution is 0.102. The lowest BCUT2D eigenvalue weighted by Gasteiger charge is -2.12. The van der Waals surface area contributed by atoms with E-state index in [4.69, 9.17) is 14.6 Å². The van der Waals surface area contributed by atoms with Gasteiger partial charge < -0.3 is 14.8 Å². The Morgan fingerprint density at radius 2 is 1.86 bits per heavy atom. The molecule has 0 aliphatic carbocycles. The molecule has 0 heterocycles. The number of carbonyl (C=O) groups is 2. The molecule has 0 atom stereocenters. The van der Waals surface area contributed by atoms with Crippen LogP contribution >= 0.6 is 0 Å². The molecule has 0 aliphatic rings. The third kappa shape index (κ3) is 5.24. The zero-order valence-corrected chi connectivity index (χ0v) is 16.4. The van der Waals surface area contributed by atoms with Crippen LogP contribution < -0.4 is 26.0 Å². The number of carbonyl (C=O) groups excluding carboxylic acids is 2. The van der Waals surface area contributed by atoms with Crippen LogP contribution in [0.1, 0.15) is 17.3 Å². The maximum absolute atomic E-state index is 12.5. The number of amides is 2. The van der Waals surface area contributed by atoms with Gasteiger partial charge in [0.2, 0.25) is 10.0 Å². The van der Waals surface area contributed by atoms with Crippen LogP contribution in [0.3, 0.4) is 0 Å². The fourth-order valence-electron chi connectivity index (χ4n) is 2.36. The van der Waals surface area contributed by atoms with Crippen molar-refractivity contribution in [3.8, 4) is 5.75 Å². The quantitative estimate of drug-likeness (QED) is 0.596. The minimum Gasteiger partial charge on any atom is -0.495 e. The van der Waals surface area contributed by atoms with Crippen LogP contribution in [-0.2, 0) is 14.8 Å². The van der Waals surface area contributed by atoms with Gasteiger partial charge in [-0.1, -0.05) is 11.5 Å². The maximum Gasteiger partial charge on any atom is 0.411 e. The van der Waals surface area contributed by atoms with E-state index in [1.807, 2.05) is 0 Å². The van der Waals surface area contributed by atoms with Crippen molar-refractivity contribution in [2.24, 2.45) is 5.14 Å². The van der Waals surface area contributed by atoms with Gasteiger partial charge in [0.15, 0.2) is 0 Å². The molecule has 2 amide bonds. The molecule has 9 nitrogen and oxygen atoms in total. The molecule has 2 rings (SSSR count). The van der Waals surface area contributed by atoms with Crippen molar-refractivity contribution in [2.45, 2.75) is 11.8 Å². The number of nitrogens with one attached hydrogen (secondary N) is 2. The summed E-state index contributed by atoms with van der Waals surface area (Å²) in [7, 11) is -0.887. The predicted octanol–water partition coefficient (Wildman–Crippen LogP) is 0.422. The van der Waals surface area contributed by atoms with Crippen LogP contribution in [0, 0.1) is 0 Å². The van der Waals surface area contributed by atoms with Crippen molar-refractivity contribution in [2.75, 3.05) is 24.4 Å². The lowest BCUT2D eigenvalue weighted by atomic mass is 9.92. The van der Waals surface area contributed by atoms with Crippen molar-refractivity contribution in [3.05, 3.63) is 42.0 Å². The van der Waals surface area contributed by atoms with E-state index in [2.05, 4.69) is 10.6 Å². The van der Waals surface area contributed by atoms with Crippen molar-refractivity contribution < 1.29 is 27.5 Å². The fourth-order valence-corrected chi connectivity index (χ4v) is 3.04. The zero-order valence-electron chi connectivity index (χ0n) is 15.6. The first kappa shape index (κ1) is 21.3. The molecular formula is C17H20BN3O6S. The van der Waals surface area contributed by atoms with E-state index in [-0.39, 0.29) is 22.8 Å². The van der Waals surface area contributed by atoms with Crippen molar-refractivity contribution in [3.63, 3.8) is 0 Å². The average Bonchev–Trinajstić information content (AvgIpc) is 2.62. The number of sulfonamides is 1. The fraction of sp³-hybridized carbons (Fsp3) is 0.176. The molecule has 2 aromatic rings. The number of methoxy groups -OCH3 is 1. The Labute approximate surface area is 163 Å². The van der Waals surface area contributed by atoms with E-state index >= 15 is 0 Å². The van der Waals surface area contributed by atoms with Gasteiger partial charge in [-0.05, 0) is 31.2 Å². The van der Waals surface area contributed by atoms with Gasteiger partial charge >= 0.3 is 6.09 Å². The summed E-state index contributed by atoms with van der Waals surface area (Å²) in [6, 6.07) is 8.78.